The molecule has 0 atom stereocenters. The number of hydrogen-bond acceptors (Lipinski definition) is 3. The molecule has 3 nitrogen and oxygen atoms in total. The lowest BCUT2D eigenvalue weighted by Gasteiger charge is -2.32. The normalized spacial score (nSPS) is 18.1. The molecule has 0 radical (unpaired) electrons. The van der Waals surface area contributed by atoms with Crippen molar-refractivity contribution in [3.05, 3.63) is 35.4 Å². The van der Waals surface area contributed by atoms with Crippen molar-refractivity contribution in [1.82, 2.24) is 4.90 Å². The number of rotatable bonds is 5. The van der Waals surface area contributed by atoms with Gasteiger partial charge in [0, 0.05) is 32.8 Å². The fourth-order valence-electron chi connectivity index (χ4n) is 2.62. The Hall–Kier alpha value is -0.900. The molecule has 0 unspecified atom stereocenters. The molecule has 18 heavy (non-hydrogen) atoms. The maximum atomic E-state index is 5.78. The third-order valence-electron chi connectivity index (χ3n) is 3.67. The first-order valence-corrected chi connectivity index (χ1v) is 6.94. The molecule has 0 aliphatic carbocycles. The summed E-state index contributed by atoms with van der Waals surface area (Å²) >= 11 is 0. The van der Waals surface area contributed by atoms with Crippen LogP contribution in [0, 0.1) is 0 Å². The SMILES string of the molecule is CCOC1CCN(Cc2ccccc2CN)CC1. The number of nitrogens with zero attached hydrogens (tertiary/aromatic N) is 1. The molecule has 0 saturated carbocycles. The number of hydrogen-bond donors (Lipinski definition) is 1. The van der Waals surface area contributed by atoms with Crippen LogP contribution in [0.15, 0.2) is 24.3 Å². The van der Waals surface area contributed by atoms with Gasteiger partial charge < -0.3 is 10.5 Å². The molecule has 1 aromatic carbocycles. The van der Waals surface area contributed by atoms with Crippen LogP contribution in [0.3, 0.4) is 0 Å². The van der Waals surface area contributed by atoms with Crippen molar-refractivity contribution in [1.29, 1.82) is 0 Å². The molecule has 1 heterocycles. The van der Waals surface area contributed by atoms with Gasteiger partial charge in [-0.05, 0) is 30.9 Å². The quantitative estimate of drug-likeness (QED) is 0.867. The third-order valence-corrected chi connectivity index (χ3v) is 3.67. The van der Waals surface area contributed by atoms with Gasteiger partial charge in [-0.1, -0.05) is 24.3 Å². The summed E-state index contributed by atoms with van der Waals surface area (Å²) in [5.41, 5.74) is 8.42. The highest BCUT2D eigenvalue weighted by Crippen LogP contribution is 2.17. The monoisotopic (exact) mass is 248 g/mol. The molecule has 3 heteroatoms. The lowest BCUT2D eigenvalue weighted by atomic mass is 10.0. The Labute approximate surface area is 110 Å². The van der Waals surface area contributed by atoms with Crippen molar-refractivity contribution in [2.75, 3.05) is 19.7 Å². The van der Waals surface area contributed by atoms with Gasteiger partial charge in [0.25, 0.3) is 0 Å². The predicted octanol–water partition coefficient (Wildman–Crippen LogP) is 2.15. The second-order valence-electron chi connectivity index (χ2n) is 4.90. The highest BCUT2D eigenvalue weighted by molar-refractivity contribution is 5.26. The minimum absolute atomic E-state index is 0.469. The first-order valence-electron chi connectivity index (χ1n) is 6.94. The second-order valence-corrected chi connectivity index (χ2v) is 4.90. The first kappa shape index (κ1) is 13.5. The fourth-order valence-corrected chi connectivity index (χ4v) is 2.62. The highest BCUT2D eigenvalue weighted by Gasteiger charge is 2.19. The zero-order valence-electron chi connectivity index (χ0n) is 11.3. The summed E-state index contributed by atoms with van der Waals surface area (Å²) in [5, 5.41) is 0. The molecule has 100 valence electrons. The molecule has 0 bridgehead atoms. The van der Waals surface area contributed by atoms with Gasteiger partial charge in [0.2, 0.25) is 0 Å². The van der Waals surface area contributed by atoms with Gasteiger partial charge in [0.1, 0.15) is 0 Å². The average molecular weight is 248 g/mol. The van der Waals surface area contributed by atoms with Crippen molar-refractivity contribution < 1.29 is 4.74 Å². The number of nitrogens with two attached hydrogens (primary N) is 1. The molecular weight excluding hydrogens is 224 g/mol. The van der Waals surface area contributed by atoms with E-state index in [1.54, 1.807) is 0 Å². The minimum Gasteiger partial charge on any atom is -0.378 e. The van der Waals surface area contributed by atoms with Gasteiger partial charge in [0.15, 0.2) is 0 Å². The number of benzene rings is 1. The minimum atomic E-state index is 0.469. The van der Waals surface area contributed by atoms with Gasteiger partial charge in [-0.3, -0.25) is 4.90 Å². The second kappa shape index (κ2) is 6.88. The van der Waals surface area contributed by atoms with Crippen LogP contribution in [0.5, 0.6) is 0 Å². The largest absolute Gasteiger partial charge is 0.378 e. The molecule has 0 aromatic heterocycles. The summed E-state index contributed by atoms with van der Waals surface area (Å²) < 4.78 is 5.68. The molecule has 1 saturated heterocycles. The van der Waals surface area contributed by atoms with Crippen LogP contribution in [-0.4, -0.2) is 30.7 Å². The average Bonchev–Trinajstić information content (AvgIpc) is 2.42. The van der Waals surface area contributed by atoms with E-state index in [0.29, 0.717) is 12.6 Å². The topological polar surface area (TPSA) is 38.5 Å². The first-order chi connectivity index (χ1) is 8.83. The molecule has 0 amide bonds. The Morgan fingerprint density at radius 1 is 1.22 bits per heavy atom. The van der Waals surface area contributed by atoms with E-state index in [1.165, 1.54) is 11.1 Å². The Morgan fingerprint density at radius 2 is 1.89 bits per heavy atom. The number of ether oxygens (including phenoxy) is 1. The van der Waals surface area contributed by atoms with E-state index in [1.807, 2.05) is 0 Å². The Balaban J connectivity index is 1.87. The summed E-state index contributed by atoms with van der Waals surface area (Å²) in [5.74, 6) is 0. The van der Waals surface area contributed by atoms with E-state index in [9.17, 15) is 0 Å². The van der Waals surface area contributed by atoms with Crippen LogP contribution in [0.1, 0.15) is 30.9 Å². The maximum Gasteiger partial charge on any atom is 0.0599 e. The lowest BCUT2D eigenvalue weighted by molar-refractivity contribution is 0.0125. The summed E-state index contributed by atoms with van der Waals surface area (Å²) in [4.78, 5) is 2.50. The molecular formula is C15H24N2O. The molecule has 0 spiro atoms. The number of piperidine rings is 1. The van der Waals surface area contributed by atoms with Gasteiger partial charge in [-0.25, -0.2) is 0 Å². The van der Waals surface area contributed by atoms with Crippen molar-refractivity contribution in [3.63, 3.8) is 0 Å². The molecule has 1 aliphatic heterocycles. The van der Waals surface area contributed by atoms with Gasteiger partial charge in [-0.15, -0.1) is 0 Å². The Bertz CT molecular complexity index is 359. The Kier molecular flexibility index (Phi) is 5.17. The van der Waals surface area contributed by atoms with Crippen LogP contribution in [0.4, 0.5) is 0 Å². The van der Waals surface area contributed by atoms with E-state index < -0.39 is 0 Å². The molecule has 2 rings (SSSR count). The zero-order valence-corrected chi connectivity index (χ0v) is 11.3. The number of likely N-dealkylation sites (tertiary alicyclic amines) is 1. The van der Waals surface area contributed by atoms with Crippen molar-refractivity contribution >= 4 is 0 Å². The van der Waals surface area contributed by atoms with Crippen molar-refractivity contribution in [2.24, 2.45) is 5.73 Å². The van der Waals surface area contributed by atoms with E-state index >= 15 is 0 Å². The van der Waals surface area contributed by atoms with Crippen LogP contribution in [0.25, 0.3) is 0 Å². The molecule has 2 N–H and O–H groups in total. The predicted molar refractivity (Wildman–Crippen MR) is 74.3 cm³/mol. The van der Waals surface area contributed by atoms with Crippen LogP contribution < -0.4 is 5.73 Å². The van der Waals surface area contributed by atoms with Gasteiger partial charge in [0.05, 0.1) is 6.10 Å². The van der Waals surface area contributed by atoms with Gasteiger partial charge >= 0.3 is 0 Å². The lowest BCUT2D eigenvalue weighted by Crippen LogP contribution is -2.36. The maximum absolute atomic E-state index is 5.78. The summed E-state index contributed by atoms with van der Waals surface area (Å²) in [6.07, 6.45) is 2.77. The third kappa shape index (κ3) is 3.55. The summed E-state index contributed by atoms with van der Waals surface area (Å²) in [7, 11) is 0. The Morgan fingerprint density at radius 3 is 2.50 bits per heavy atom. The zero-order chi connectivity index (χ0) is 12.8. The van der Waals surface area contributed by atoms with E-state index in [-0.39, 0.29) is 0 Å². The molecule has 1 fully saturated rings. The van der Waals surface area contributed by atoms with E-state index in [2.05, 4.69) is 36.1 Å². The van der Waals surface area contributed by atoms with Crippen LogP contribution in [-0.2, 0) is 17.8 Å². The fraction of sp³-hybridized carbons (Fsp3) is 0.600. The smallest absolute Gasteiger partial charge is 0.0599 e. The molecule has 1 aliphatic rings. The standard InChI is InChI=1S/C15H24N2O/c1-2-18-15-7-9-17(10-8-15)12-14-6-4-3-5-13(14)11-16/h3-6,15H,2,7-12,16H2,1H3. The summed E-state index contributed by atoms with van der Waals surface area (Å²) in [6, 6.07) is 8.48. The van der Waals surface area contributed by atoms with E-state index in [0.717, 1.165) is 39.1 Å². The highest BCUT2D eigenvalue weighted by atomic mass is 16.5. The van der Waals surface area contributed by atoms with Crippen LogP contribution >= 0.6 is 0 Å². The summed E-state index contributed by atoms with van der Waals surface area (Å²) in [6.45, 7) is 6.81. The molecule has 1 aromatic rings. The van der Waals surface area contributed by atoms with Crippen LogP contribution in [0.2, 0.25) is 0 Å². The van der Waals surface area contributed by atoms with Crippen molar-refractivity contribution in [3.8, 4) is 0 Å². The van der Waals surface area contributed by atoms with Gasteiger partial charge in [-0.2, -0.15) is 0 Å². The van der Waals surface area contributed by atoms with E-state index in [4.69, 9.17) is 10.5 Å². The van der Waals surface area contributed by atoms with Crippen molar-refractivity contribution in [2.45, 2.75) is 39.0 Å².